The molecule has 24 heavy (non-hydrogen) atoms. The Morgan fingerprint density at radius 2 is 1.83 bits per heavy atom. The van der Waals surface area contributed by atoms with Crippen LogP contribution in [0.3, 0.4) is 0 Å². The molecule has 2 aromatic rings. The molecule has 0 spiro atoms. The van der Waals surface area contributed by atoms with E-state index in [2.05, 4.69) is 12.2 Å². The molecule has 2 aromatic carbocycles. The molecule has 0 aromatic heterocycles. The molecule has 0 atom stereocenters. The zero-order valence-electron chi connectivity index (χ0n) is 14.2. The van der Waals surface area contributed by atoms with Crippen molar-refractivity contribution in [1.29, 1.82) is 0 Å². The molecule has 4 heteroatoms. The summed E-state index contributed by atoms with van der Waals surface area (Å²) < 4.78 is 5.63. The predicted molar refractivity (Wildman–Crippen MR) is 95.6 cm³/mol. The van der Waals surface area contributed by atoms with Gasteiger partial charge in [0.25, 0.3) is 0 Å². The Morgan fingerprint density at radius 1 is 1.08 bits per heavy atom. The van der Waals surface area contributed by atoms with Crippen molar-refractivity contribution < 1.29 is 14.3 Å². The molecule has 0 aliphatic rings. The largest absolute Gasteiger partial charge is 0.494 e. The van der Waals surface area contributed by atoms with Gasteiger partial charge in [0, 0.05) is 17.7 Å². The second kappa shape index (κ2) is 8.87. The highest BCUT2D eigenvalue weighted by Crippen LogP contribution is 2.14. The molecular weight excluding hydrogens is 302 g/mol. The molecule has 0 heterocycles. The van der Waals surface area contributed by atoms with E-state index in [1.807, 2.05) is 24.3 Å². The van der Waals surface area contributed by atoms with Crippen molar-refractivity contribution in [2.24, 2.45) is 0 Å². The van der Waals surface area contributed by atoms with Gasteiger partial charge in [0.2, 0.25) is 5.91 Å². The van der Waals surface area contributed by atoms with Gasteiger partial charge in [-0.05, 0) is 49.6 Å². The highest BCUT2D eigenvalue weighted by molar-refractivity contribution is 5.97. The highest BCUT2D eigenvalue weighted by atomic mass is 16.5. The number of carbonyl (C=O) groups excluding carboxylic acids is 2. The van der Waals surface area contributed by atoms with Crippen LogP contribution in [0, 0.1) is 0 Å². The van der Waals surface area contributed by atoms with Gasteiger partial charge < -0.3 is 10.1 Å². The number of carbonyl (C=O) groups is 2. The Labute approximate surface area is 142 Å². The fraction of sp³-hybridized carbons (Fsp3) is 0.300. The van der Waals surface area contributed by atoms with E-state index in [4.69, 9.17) is 4.74 Å². The smallest absolute Gasteiger partial charge is 0.224 e. The summed E-state index contributed by atoms with van der Waals surface area (Å²) in [5.74, 6) is 0.719. The Hall–Kier alpha value is -2.62. The van der Waals surface area contributed by atoms with Crippen LogP contribution in [0.5, 0.6) is 5.75 Å². The van der Waals surface area contributed by atoms with Gasteiger partial charge in [0.15, 0.2) is 5.78 Å². The zero-order valence-corrected chi connectivity index (χ0v) is 14.2. The molecule has 1 amide bonds. The number of ether oxygens (including phenoxy) is 1. The van der Waals surface area contributed by atoms with Gasteiger partial charge in [0.1, 0.15) is 5.75 Å². The summed E-state index contributed by atoms with van der Waals surface area (Å²) in [6.07, 6.45) is 2.01. The molecule has 4 nitrogen and oxygen atoms in total. The lowest BCUT2D eigenvalue weighted by molar-refractivity contribution is -0.116. The quantitative estimate of drug-likeness (QED) is 0.583. The van der Waals surface area contributed by atoms with Crippen LogP contribution in [0.2, 0.25) is 0 Å². The van der Waals surface area contributed by atoms with E-state index < -0.39 is 0 Å². The van der Waals surface area contributed by atoms with Gasteiger partial charge in [-0.25, -0.2) is 0 Å². The predicted octanol–water partition coefficient (Wildman–Crippen LogP) is 4.25. The number of aryl methyl sites for hydroxylation is 1. The Kier molecular flexibility index (Phi) is 6.55. The van der Waals surface area contributed by atoms with Gasteiger partial charge in [-0.3, -0.25) is 9.59 Å². The van der Waals surface area contributed by atoms with Crippen LogP contribution in [0.4, 0.5) is 5.69 Å². The van der Waals surface area contributed by atoms with Gasteiger partial charge in [-0.2, -0.15) is 0 Å². The number of benzene rings is 2. The number of rotatable bonds is 8. The van der Waals surface area contributed by atoms with E-state index in [0.717, 1.165) is 12.2 Å². The van der Waals surface area contributed by atoms with Crippen LogP contribution >= 0.6 is 0 Å². The van der Waals surface area contributed by atoms with Crippen LogP contribution < -0.4 is 10.1 Å². The second-order valence-electron chi connectivity index (χ2n) is 5.63. The molecule has 1 N–H and O–H groups in total. The lowest BCUT2D eigenvalue weighted by Gasteiger charge is -2.08. The van der Waals surface area contributed by atoms with E-state index in [-0.39, 0.29) is 11.7 Å². The molecule has 0 aliphatic heterocycles. The fourth-order valence-electron chi connectivity index (χ4n) is 2.28. The lowest BCUT2D eigenvalue weighted by Crippen LogP contribution is -2.13. The van der Waals surface area contributed by atoms with Crippen molar-refractivity contribution in [3.63, 3.8) is 0 Å². The summed E-state index contributed by atoms with van der Waals surface area (Å²) in [5, 5.41) is 2.80. The maximum atomic E-state index is 11.9. The van der Waals surface area contributed by atoms with Crippen LogP contribution in [0.25, 0.3) is 0 Å². The first-order chi connectivity index (χ1) is 11.6. The van der Waals surface area contributed by atoms with E-state index in [0.29, 0.717) is 30.7 Å². The summed E-state index contributed by atoms with van der Waals surface area (Å²) in [6.45, 7) is 4.11. The van der Waals surface area contributed by atoms with Crippen molar-refractivity contribution >= 4 is 17.4 Å². The number of hydrogen-bond acceptors (Lipinski definition) is 3. The average Bonchev–Trinajstić information content (AvgIpc) is 2.59. The molecule has 0 fully saturated rings. The minimum Gasteiger partial charge on any atom is -0.494 e. The van der Waals surface area contributed by atoms with Crippen LogP contribution in [-0.4, -0.2) is 18.3 Å². The van der Waals surface area contributed by atoms with Crippen LogP contribution in [-0.2, 0) is 11.2 Å². The molecule has 126 valence electrons. The highest BCUT2D eigenvalue weighted by Gasteiger charge is 2.05. The van der Waals surface area contributed by atoms with Gasteiger partial charge in [0.05, 0.1) is 6.61 Å². The molecule has 2 rings (SSSR count). The van der Waals surface area contributed by atoms with Crippen LogP contribution in [0.1, 0.15) is 42.6 Å². The minimum absolute atomic E-state index is 0.0198. The van der Waals surface area contributed by atoms with E-state index in [1.54, 1.807) is 24.3 Å². The summed E-state index contributed by atoms with van der Waals surface area (Å²) in [5.41, 5.74) is 2.50. The third-order valence-electron chi connectivity index (χ3n) is 3.70. The Balaban J connectivity index is 1.73. The number of hydrogen-bond donors (Lipinski definition) is 1. The third-order valence-corrected chi connectivity index (χ3v) is 3.70. The topological polar surface area (TPSA) is 55.4 Å². The normalized spacial score (nSPS) is 10.2. The van der Waals surface area contributed by atoms with Crippen molar-refractivity contribution in [2.75, 3.05) is 11.9 Å². The Morgan fingerprint density at radius 3 is 2.50 bits per heavy atom. The van der Waals surface area contributed by atoms with Gasteiger partial charge in [-0.15, -0.1) is 0 Å². The molecule has 0 saturated carbocycles. The van der Waals surface area contributed by atoms with E-state index in [1.165, 1.54) is 12.5 Å². The monoisotopic (exact) mass is 325 g/mol. The summed E-state index contributed by atoms with van der Waals surface area (Å²) >= 11 is 0. The fourth-order valence-corrected chi connectivity index (χ4v) is 2.28. The summed E-state index contributed by atoms with van der Waals surface area (Å²) in [6, 6.07) is 14.9. The number of anilines is 1. The number of nitrogens with one attached hydrogen (secondary N) is 1. The minimum atomic E-state index is -0.0827. The summed E-state index contributed by atoms with van der Waals surface area (Å²) in [4.78, 5) is 23.3. The number of amides is 1. The van der Waals surface area contributed by atoms with Crippen molar-refractivity contribution in [3.8, 4) is 5.75 Å². The lowest BCUT2D eigenvalue weighted by atomic mass is 10.1. The third kappa shape index (κ3) is 5.54. The maximum absolute atomic E-state index is 11.9. The first-order valence-electron chi connectivity index (χ1n) is 8.21. The standard InChI is InChI=1S/C20H23NO3/c1-3-16-9-11-19(12-10-16)24-13-5-8-20(23)21-18-7-4-6-17(14-18)15(2)22/h4,6-7,9-12,14H,3,5,8,13H2,1-2H3,(H,21,23). The van der Waals surface area contributed by atoms with Gasteiger partial charge >= 0.3 is 0 Å². The van der Waals surface area contributed by atoms with Crippen LogP contribution in [0.15, 0.2) is 48.5 Å². The van der Waals surface area contributed by atoms with Crippen molar-refractivity contribution in [1.82, 2.24) is 0 Å². The number of ketones is 1. The maximum Gasteiger partial charge on any atom is 0.224 e. The van der Waals surface area contributed by atoms with E-state index in [9.17, 15) is 9.59 Å². The summed E-state index contributed by atoms with van der Waals surface area (Å²) in [7, 11) is 0. The zero-order chi connectivity index (χ0) is 17.4. The first-order valence-corrected chi connectivity index (χ1v) is 8.21. The van der Waals surface area contributed by atoms with E-state index >= 15 is 0 Å². The Bertz CT molecular complexity index is 692. The molecular formula is C20H23NO3. The van der Waals surface area contributed by atoms with Crippen molar-refractivity contribution in [3.05, 3.63) is 59.7 Å². The second-order valence-corrected chi connectivity index (χ2v) is 5.63. The SMILES string of the molecule is CCc1ccc(OCCCC(=O)Nc2cccc(C(C)=O)c2)cc1. The molecule has 0 saturated heterocycles. The molecule has 0 unspecified atom stereocenters. The number of Topliss-reactive ketones (excluding diaryl/α,β-unsaturated/α-hetero) is 1. The molecule has 0 bridgehead atoms. The van der Waals surface area contributed by atoms with Gasteiger partial charge in [-0.1, -0.05) is 31.2 Å². The average molecular weight is 325 g/mol. The molecule has 0 radical (unpaired) electrons. The molecule has 0 aliphatic carbocycles. The first kappa shape index (κ1) is 17.7. The van der Waals surface area contributed by atoms with Crippen molar-refractivity contribution in [2.45, 2.75) is 33.1 Å².